The van der Waals surface area contributed by atoms with Crippen LogP contribution in [0.2, 0.25) is 0 Å². The first-order valence-corrected chi connectivity index (χ1v) is 8.28. The highest BCUT2D eigenvalue weighted by Crippen LogP contribution is 2.17. The molecule has 0 spiro atoms. The minimum absolute atomic E-state index is 0.252. The zero-order valence-electron chi connectivity index (χ0n) is 13.9. The Morgan fingerprint density at radius 3 is 2.68 bits per heavy atom. The van der Waals surface area contributed by atoms with Gasteiger partial charge in [-0.05, 0) is 13.8 Å². The van der Waals surface area contributed by atoms with Crippen LogP contribution in [0.25, 0.3) is 0 Å². The van der Waals surface area contributed by atoms with Gasteiger partial charge in [0.25, 0.3) is 0 Å². The van der Waals surface area contributed by atoms with E-state index < -0.39 is 0 Å². The van der Waals surface area contributed by atoms with Crippen molar-refractivity contribution in [3.05, 3.63) is 17.7 Å². The van der Waals surface area contributed by atoms with Gasteiger partial charge < -0.3 is 14.4 Å². The van der Waals surface area contributed by atoms with E-state index >= 15 is 0 Å². The Balaban J connectivity index is 1.49. The van der Waals surface area contributed by atoms with Crippen LogP contribution in [0.15, 0.2) is 6.33 Å². The summed E-state index contributed by atoms with van der Waals surface area (Å²) in [5.41, 5.74) is 2.50. The molecule has 2 aliphatic rings. The second-order valence-electron chi connectivity index (χ2n) is 6.86. The number of nitrogens with zero attached hydrogens (tertiary/aromatic N) is 4. The first-order valence-electron chi connectivity index (χ1n) is 8.28. The average molecular weight is 308 g/mol. The van der Waals surface area contributed by atoms with E-state index in [1.807, 2.05) is 6.33 Å². The van der Waals surface area contributed by atoms with Crippen molar-refractivity contribution in [2.75, 3.05) is 32.7 Å². The van der Waals surface area contributed by atoms with Crippen molar-refractivity contribution in [3.8, 4) is 0 Å². The molecular formula is C16H28N4O2. The Labute approximate surface area is 132 Å². The van der Waals surface area contributed by atoms with Crippen LogP contribution in [0.5, 0.6) is 0 Å². The van der Waals surface area contributed by atoms with Crippen LogP contribution in [0.1, 0.15) is 25.2 Å². The number of aromatic nitrogens is 2. The van der Waals surface area contributed by atoms with Crippen LogP contribution in [-0.2, 0) is 24.8 Å². The molecule has 0 unspecified atom stereocenters. The molecule has 0 aromatic carbocycles. The van der Waals surface area contributed by atoms with Gasteiger partial charge in [0, 0.05) is 58.4 Å². The van der Waals surface area contributed by atoms with Crippen molar-refractivity contribution in [1.82, 2.24) is 19.4 Å². The van der Waals surface area contributed by atoms with E-state index in [1.54, 1.807) is 0 Å². The maximum atomic E-state index is 10.4. The molecule has 6 nitrogen and oxygen atoms in total. The monoisotopic (exact) mass is 308 g/mol. The van der Waals surface area contributed by atoms with Crippen molar-refractivity contribution in [2.24, 2.45) is 7.05 Å². The predicted molar refractivity (Wildman–Crippen MR) is 84.6 cm³/mol. The lowest BCUT2D eigenvalue weighted by Gasteiger charge is -2.37. The third-order valence-corrected chi connectivity index (χ3v) is 4.62. The van der Waals surface area contributed by atoms with Crippen LogP contribution in [0.4, 0.5) is 0 Å². The topological polar surface area (TPSA) is 53.8 Å². The minimum atomic E-state index is -0.317. The summed E-state index contributed by atoms with van der Waals surface area (Å²) in [7, 11) is 2.05. The van der Waals surface area contributed by atoms with Crippen LogP contribution in [-0.4, -0.2) is 75.5 Å². The molecule has 1 fully saturated rings. The van der Waals surface area contributed by atoms with Gasteiger partial charge in [0.15, 0.2) is 0 Å². The molecule has 0 aliphatic carbocycles. The third-order valence-electron chi connectivity index (χ3n) is 4.62. The summed E-state index contributed by atoms with van der Waals surface area (Å²) in [4.78, 5) is 9.09. The van der Waals surface area contributed by atoms with Crippen LogP contribution >= 0.6 is 0 Å². The van der Waals surface area contributed by atoms with Crippen molar-refractivity contribution in [3.63, 3.8) is 0 Å². The van der Waals surface area contributed by atoms with Crippen molar-refractivity contribution in [2.45, 2.75) is 45.1 Å². The quantitative estimate of drug-likeness (QED) is 0.864. The van der Waals surface area contributed by atoms with Crippen molar-refractivity contribution in [1.29, 1.82) is 0 Å². The van der Waals surface area contributed by atoms with Gasteiger partial charge in [-0.25, -0.2) is 4.98 Å². The fraction of sp³-hybridized carbons (Fsp3) is 0.812. The molecule has 0 amide bonds. The number of morpholine rings is 1. The van der Waals surface area contributed by atoms with E-state index in [-0.39, 0.29) is 18.3 Å². The zero-order chi connectivity index (χ0) is 15.7. The van der Waals surface area contributed by atoms with E-state index in [0.717, 1.165) is 51.4 Å². The lowest BCUT2D eigenvalue weighted by molar-refractivity contribution is -0.0782. The van der Waals surface area contributed by atoms with Gasteiger partial charge in [0.1, 0.15) is 0 Å². The fourth-order valence-corrected chi connectivity index (χ4v) is 3.75. The summed E-state index contributed by atoms with van der Waals surface area (Å²) in [5, 5.41) is 10.4. The van der Waals surface area contributed by atoms with Crippen LogP contribution in [0.3, 0.4) is 0 Å². The summed E-state index contributed by atoms with van der Waals surface area (Å²) in [6.07, 6.45) is 3.09. The molecule has 1 aromatic rings. The molecule has 0 radical (unpaired) electrons. The smallest absolute Gasteiger partial charge is 0.0949 e. The van der Waals surface area contributed by atoms with Gasteiger partial charge in [-0.1, -0.05) is 0 Å². The highest BCUT2D eigenvalue weighted by molar-refractivity contribution is 5.16. The van der Waals surface area contributed by atoms with Crippen molar-refractivity contribution < 1.29 is 9.84 Å². The van der Waals surface area contributed by atoms with E-state index in [4.69, 9.17) is 4.74 Å². The molecule has 6 heteroatoms. The molecule has 3 rings (SSSR count). The number of imidazole rings is 1. The maximum Gasteiger partial charge on any atom is 0.0949 e. The molecule has 3 heterocycles. The first kappa shape index (κ1) is 15.9. The number of aliphatic hydroxyl groups excluding tert-OH is 1. The second-order valence-corrected chi connectivity index (χ2v) is 6.86. The Kier molecular flexibility index (Phi) is 4.82. The number of aryl methyl sites for hydroxylation is 1. The Morgan fingerprint density at radius 2 is 1.95 bits per heavy atom. The zero-order valence-corrected chi connectivity index (χ0v) is 13.9. The van der Waals surface area contributed by atoms with Crippen LogP contribution < -0.4 is 0 Å². The molecule has 1 saturated heterocycles. The lowest BCUT2D eigenvalue weighted by atomic mass is 10.1. The molecular weight excluding hydrogens is 280 g/mol. The van der Waals surface area contributed by atoms with E-state index in [1.165, 1.54) is 5.69 Å². The van der Waals surface area contributed by atoms with Gasteiger partial charge in [0.05, 0.1) is 30.3 Å². The lowest BCUT2D eigenvalue weighted by Crippen LogP contribution is -2.50. The van der Waals surface area contributed by atoms with Gasteiger partial charge in [-0.3, -0.25) is 9.80 Å². The molecule has 124 valence electrons. The van der Waals surface area contributed by atoms with Crippen molar-refractivity contribution >= 4 is 0 Å². The number of hydrogen-bond acceptors (Lipinski definition) is 5. The number of β-amino-alcohol motifs (C(OH)–C–C–N with tert-alkyl or cyclic N) is 1. The standard InChI is InChI=1S/C16H28N4O2/c1-12-6-20(7-13(2)22-12)9-14(21)8-19-5-4-16-15(10-19)17-11-18(16)3/h11-14,21H,4-10H2,1-3H3/t12-,13+,14-/m0/s1. The first-order chi connectivity index (χ1) is 10.5. The Morgan fingerprint density at radius 1 is 1.27 bits per heavy atom. The summed E-state index contributed by atoms with van der Waals surface area (Å²) in [6.45, 7) is 9.31. The SMILES string of the molecule is C[C@@H]1CN(C[C@@H](O)CN2CCc3c(ncn3C)C2)C[C@H](C)O1. The highest BCUT2D eigenvalue weighted by Gasteiger charge is 2.26. The molecule has 2 aliphatic heterocycles. The molecule has 3 atom stereocenters. The van der Waals surface area contributed by atoms with Crippen LogP contribution in [0, 0.1) is 0 Å². The van der Waals surface area contributed by atoms with E-state index in [9.17, 15) is 5.11 Å². The second kappa shape index (κ2) is 6.66. The summed E-state index contributed by atoms with van der Waals surface area (Å²) < 4.78 is 7.86. The van der Waals surface area contributed by atoms with Gasteiger partial charge in [-0.2, -0.15) is 0 Å². The number of aliphatic hydroxyl groups is 1. The Hall–Kier alpha value is -0.950. The van der Waals surface area contributed by atoms with Gasteiger partial charge >= 0.3 is 0 Å². The Bertz CT molecular complexity index is 494. The number of fused-ring (bicyclic) bond motifs is 1. The molecule has 0 saturated carbocycles. The average Bonchev–Trinajstić information content (AvgIpc) is 2.78. The maximum absolute atomic E-state index is 10.4. The summed E-state index contributed by atoms with van der Waals surface area (Å²) in [5.74, 6) is 0. The number of ether oxygens (including phenoxy) is 1. The number of rotatable bonds is 4. The number of hydrogen-bond donors (Lipinski definition) is 1. The normalized spacial score (nSPS) is 28.5. The highest BCUT2D eigenvalue weighted by atomic mass is 16.5. The largest absolute Gasteiger partial charge is 0.390 e. The molecule has 1 aromatic heterocycles. The molecule has 22 heavy (non-hydrogen) atoms. The summed E-state index contributed by atoms with van der Waals surface area (Å²) >= 11 is 0. The molecule has 1 N–H and O–H groups in total. The predicted octanol–water partition coefficient (Wildman–Crippen LogP) is 0.248. The molecule has 0 bridgehead atoms. The minimum Gasteiger partial charge on any atom is -0.390 e. The third kappa shape index (κ3) is 3.68. The van der Waals surface area contributed by atoms with Gasteiger partial charge in [-0.15, -0.1) is 0 Å². The summed E-state index contributed by atoms with van der Waals surface area (Å²) in [6, 6.07) is 0. The fourth-order valence-electron chi connectivity index (χ4n) is 3.75. The van der Waals surface area contributed by atoms with E-state index in [0.29, 0.717) is 0 Å². The van der Waals surface area contributed by atoms with Gasteiger partial charge in [0.2, 0.25) is 0 Å². The van der Waals surface area contributed by atoms with E-state index in [2.05, 4.69) is 40.2 Å².